The molecule has 0 unspecified atom stereocenters. The normalized spacial score (nSPS) is 11.6. The molecule has 1 aromatic rings. The Morgan fingerprint density at radius 1 is 1.13 bits per heavy atom. The molecule has 7 nitrogen and oxygen atoms in total. The van der Waals surface area contributed by atoms with Crippen LogP contribution in [0.1, 0.15) is 20.3 Å². The van der Waals surface area contributed by atoms with Gasteiger partial charge in [-0.05, 0) is 24.5 Å². The first kappa shape index (κ1) is 18.6. The molecule has 23 heavy (non-hydrogen) atoms. The molecule has 1 atom stereocenters. The largest absolute Gasteiger partial charge is 0.497 e. The van der Waals surface area contributed by atoms with Gasteiger partial charge in [0.05, 0.1) is 27.0 Å². The summed E-state index contributed by atoms with van der Waals surface area (Å²) in [6.45, 7) is 3.92. The highest BCUT2D eigenvalue weighted by atomic mass is 16.5. The second kappa shape index (κ2) is 8.87. The summed E-state index contributed by atoms with van der Waals surface area (Å²) in [5.41, 5.74) is 0.442. The van der Waals surface area contributed by atoms with E-state index in [1.807, 2.05) is 13.8 Å². The van der Waals surface area contributed by atoms with Crippen LogP contribution >= 0.6 is 0 Å². The second-order valence-corrected chi connectivity index (χ2v) is 5.37. The van der Waals surface area contributed by atoms with E-state index >= 15 is 0 Å². The number of anilines is 1. The maximum atomic E-state index is 12.2. The van der Waals surface area contributed by atoms with Crippen LogP contribution in [0.2, 0.25) is 0 Å². The molecule has 0 bridgehead atoms. The molecule has 0 aliphatic heterocycles. The van der Waals surface area contributed by atoms with Gasteiger partial charge in [-0.2, -0.15) is 0 Å². The summed E-state index contributed by atoms with van der Waals surface area (Å²) < 4.78 is 15.0. The third kappa shape index (κ3) is 5.69. The number of hydrogen-bond acceptors (Lipinski definition) is 5. The van der Waals surface area contributed by atoms with Crippen LogP contribution in [0.5, 0.6) is 11.5 Å². The van der Waals surface area contributed by atoms with Gasteiger partial charge in [-0.3, -0.25) is 0 Å². The van der Waals surface area contributed by atoms with Crippen molar-refractivity contribution in [2.45, 2.75) is 26.3 Å². The van der Waals surface area contributed by atoms with Gasteiger partial charge in [-0.25, -0.2) is 9.59 Å². The maximum Gasteiger partial charge on any atom is 0.328 e. The third-order valence-corrected chi connectivity index (χ3v) is 3.15. The van der Waals surface area contributed by atoms with E-state index in [-0.39, 0.29) is 5.92 Å². The Morgan fingerprint density at radius 3 is 2.35 bits per heavy atom. The van der Waals surface area contributed by atoms with Crippen molar-refractivity contribution >= 4 is 17.7 Å². The molecule has 0 aromatic heterocycles. The lowest BCUT2D eigenvalue weighted by Crippen LogP contribution is -2.44. The number of ether oxygens (including phenoxy) is 3. The van der Waals surface area contributed by atoms with Gasteiger partial charge in [0.15, 0.2) is 0 Å². The van der Waals surface area contributed by atoms with Crippen molar-refractivity contribution in [1.82, 2.24) is 5.32 Å². The molecule has 2 N–H and O–H groups in total. The Kier molecular flexibility index (Phi) is 7.18. The SMILES string of the molecule is COC(=O)[C@@H](CC(C)C)NC(=O)Nc1cc(OC)ccc1OC. The van der Waals surface area contributed by atoms with Crippen LogP contribution in [0, 0.1) is 5.92 Å². The lowest BCUT2D eigenvalue weighted by molar-refractivity contribution is -0.143. The average molecular weight is 324 g/mol. The molecule has 0 spiro atoms. The summed E-state index contributed by atoms with van der Waals surface area (Å²) in [4.78, 5) is 23.9. The number of urea groups is 1. The molecular weight excluding hydrogens is 300 g/mol. The van der Waals surface area contributed by atoms with Crippen molar-refractivity contribution in [3.8, 4) is 11.5 Å². The van der Waals surface area contributed by atoms with Crippen LogP contribution in [-0.2, 0) is 9.53 Å². The molecule has 1 aromatic carbocycles. The van der Waals surface area contributed by atoms with Crippen molar-refractivity contribution in [2.75, 3.05) is 26.6 Å². The predicted octanol–water partition coefficient (Wildman–Crippen LogP) is 2.41. The summed E-state index contributed by atoms with van der Waals surface area (Å²) in [6.07, 6.45) is 0.481. The molecule has 0 radical (unpaired) electrons. The number of benzene rings is 1. The van der Waals surface area contributed by atoms with Crippen LogP contribution in [0.3, 0.4) is 0 Å². The van der Waals surface area contributed by atoms with E-state index in [4.69, 9.17) is 14.2 Å². The van der Waals surface area contributed by atoms with E-state index < -0.39 is 18.0 Å². The van der Waals surface area contributed by atoms with E-state index in [2.05, 4.69) is 10.6 Å². The van der Waals surface area contributed by atoms with E-state index in [0.717, 1.165) is 0 Å². The summed E-state index contributed by atoms with van der Waals surface area (Å²) in [5.74, 6) is 0.810. The van der Waals surface area contributed by atoms with Crippen LogP contribution in [0.4, 0.5) is 10.5 Å². The Hall–Kier alpha value is -2.44. The quantitative estimate of drug-likeness (QED) is 0.752. The number of carbonyl (C=O) groups excluding carboxylic acids is 2. The molecule has 0 saturated carbocycles. The summed E-state index contributed by atoms with van der Waals surface area (Å²) in [5, 5.41) is 5.27. The molecule has 7 heteroatoms. The van der Waals surface area contributed by atoms with Gasteiger partial charge in [-0.15, -0.1) is 0 Å². The number of amides is 2. The van der Waals surface area contributed by atoms with Crippen molar-refractivity contribution < 1.29 is 23.8 Å². The lowest BCUT2D eigenvalue weighted by atomic mass is 10.0. The molecule has 0 heterocycles. The van der Waals surface area contributed by atoms with Gasteiger partial charge in [0.1, 0.15) is 17.5 Å². The lowest BCUT2D eigenvalue weighted by Gasteiger charge is -2.19. The predicted molar refractivity (Wildman–Crippen MR) is 87.0 cm³/mol. The summed E-state index contributed by atoms with van der Waals surface area (Å²) in [7, 11) is 4.32. The smallest absolute Gasteiger partial charge is 0.328 e. The summed E-state index contributed by atoms with van der Waals surface area (Å²) in [6, 6.07) is 3.80. The van der Waals surface area contributed by atoms with Crippen molar-refractivity contribution in [3.05, 3.63) is 18.2 Å². The molecule has 0 fully saturated rings. The van der Waals surface area contributed by atoms with Crippen LogP contribution in [0.25, 0.3) is 0 Å². The number of hydrogen-bond donors (Lipinski definition) is 2. The van der Waals surface area contributed by atoms with Gasteiger partial charge in [0, 0.05) is 6.07 Å². The molecule has 2 amide bonds. The van der Waals surface area contributed by atoms with E-state index in [9.17, 15) is 9.59 Å². The molecule has 0 aliphatic rings. The van der Waals surface area contributed by atoms with E-state index in [1.165, 1.54) is 21.3 Å². The fourth-order valence-electron chi connectivity index (χ4n) is 2.06. The van der Waals surface area contributed by atoms with Gasteiger partial charge in [0.25, 0.3) is 0 Å². The maximum absolute atomic E-state index is 12.2. The van der Waals surface area contributed by atoms with Crippen molar-refractivity contribution in [3.63, 3.8) is 0 Å². The number of carbonyl (C=O) groups is 2. The van der Waals surface area contributed by atoms with Gasteiger partial charge < -0.3 is 24.8 Å². The van der Waals surface area contributed by atoms with Crippen molar-refractivity contribution in [2.24, 2.45) is 5.92 Å². The topological polar surface area (TPSA) is 85.9 Å². The fourth-order valence-corrected chi connectivity index (χ4v) is 2.06. The average Bonchev–Trinajstić information content (AvgIpc) is 2.52. The number of nitrogens with one attached hydrogen (secondary N) is 2. The van der Waals surface area contributed by atoms with Crippen LogP contribution in [0.15, 0.2) is 18.2 Å². The Bertz CT molecular complexity index is 545. The van der Waals surface area contributed by atoms with Gasteiger partial charge >= 0.3 is 12.0 Å². The van der Waals surface area contributed by atoms with Crippen molar-refractivity contribution in [1.29, 1.82) is 0 Å². The minimum Gasteiger partial charge on any atom is -0.497 e. The molecule has 0 saturated heterocycles. The Labute approximate surface area is 136 Å². The van der Waals surface area contributed by atoms with Crippen LogP contribution in [-0.4, -0.2) is 39.4 Å². The Balaban J connectivity index is 2.83. The number of methoxy groups -OCH3 is 3. The third-order valence-electron chi connectivity index (χ3n) is 3.15. The second-order valence-electron chi connectivity index (χ2n) is 5.37. The Morgan fingerprint density at radius 2 is 1.83 bits per heavy atom. The first-order chi connectivity index (χ1) is 10.9. The number of esters is 1. The molecule has 0 aliphatic carbocycles. The van der Waals surface area contributed by atoms with E-state index in [0.29, 0.717) is 23.6 Å². The highest BCUT2D eigenvalue weighted by Crippen LogP contribution is 2.28. The molecule has 128 valence electrons. The first-order valence-corrected chi connectivity index (χ1v) is 7.28. The van der Waals surface area contributed by atoms with Crippen LogP contribution < -0.4 is 20.1 Å². The highest BCUT2D eigenvalue weighted by molar-refractivity contribution is 5.94. The highest BCUT2D eigenvalue weighted by Gasteiger charge is 2.23. The number of rotatable bonds is 7. The standard InChI is InChI=1S/C16H24N2O5/c1-10(2)8-13(15(19)23-5)18-16(20)17-12-9-11(21-3)6-7-14(12)22-4/h6-7,9-10,13H,8H2,1-5H3,(H2,17,18,20)/t13-/m1/s1. The zero-order valence-electron chi connectivity index (χ0n) is 14.1. The first-order valence-electron chi connectivity index (χ1n) is 7.28. The zero-order valence-corrected chi connectivity index (χ0v) is 14.1. The fraction of sp³-hybridized carbons (Fsp3) is 0.500. The van der Waals surface area contributed by atoms with E-state index in [1.54, 1.807) is 18.2 Å². The minimum atomic E-state index is -0.711. The monoisotopic (exact) mass is 324 g/mol. The van der Waals surface area contributed by atoms with Gasteiger partial charge in [-0.1, -0.05) is 13.8 Å². The van der Waals surface area contributed by atoms with Gasteiger partial charge in [0.2, 0.25) is 0 Å². The molecular formula is C16H24N2O5. The minimum absolute atomic E-state index is 0.228. The molecule has 1 rings (SSSR count). The zero-order chi connectivity index (χ0) is 17.4. The summed E-state index contributed by atoms with van der Waals surface area (Å²) >= 11 is 0.